The van der Waals surface area contributed by atoms with Crippen LogP contribution in [0.1, 0.15) is 12.8 Å². The predicted octanol–water partition coefficient (Wildman–Crippen LogP) is 4.65. The third-order valence-corrected chi connectivity index (χ3v) is 8.12. The fourth-order valence-corrected chi connectivity index (χ4v) is 5.83. The van der Waals surface area contributed by atoms with Gasteiger partial charge < -0.3 is 0 Å². The molecule has 19 heavy (non-hydrogen) atoms. The van der Waals surface area contributed by atoms with Crippen molar-refractivity contribution in [3.63, 3.8) is 0 Å². The Morgan fingerprint density at radius 3 is 0.684 bits per heavy atom. The minimum Gasteiger partial charge on any atom is -0.00522 e. The Balaban J connectivity index is -0.000000256. The van der Waals surface area contributed by atoms with Crippen molar-refractivity contribution in [3.05, 3.63) is 0 Å². The summed E-state index contributed by atoms with van der Waals surface area (Å²) in [7, 11) is 0.344. The second-order valence-corrected chi connectivity index (χ2v) is 18.2. The topological polar surface area (TPSA) is 0 Å². The summed E-state index contributed by atoms with van der Waals surface area (Å²) in [5, 5.41) is 0. The first kappa shape index (κ1) is 26.3. The van der Waals surface area contributed by atoms with E-state index >= 15 is 0 Å². The van der Waals surface area contributed by atoms with E-state index in [1.165, 1.54) is 37.5 Å². The third kappa shape index (κ3) is 33.3. The minimum absolute atomic E-state index is 0. The van der Waals surface area contributed by atoms with Gasteiger partial charge in [0.25, 0.3) is 0 Å². The van der Waals surface area contributed by atoms with Gasteiger partial charge >= 0.3 is 0 Å². The molecule has 0 spiro atoms. The van der Waals surface area contributed by atoms with Crippen LogP contribution >= 0.6 is 31.7 Å². The van der Waals surface area contributed by atoms with Crippen molar-refractivity contribution < 1.29 is 21.1 Å². The molecule has 0 amide bonds. The van der Waals surface area contributed by atoms with Crippen molar-refractivity contribution in [1.29, 1.82) is 0 Å². The van der Waals surface area contributed by atoms with Crippen LogP contribution in [0.5, 0.6) is 0 Å². The Morgan fingerprint density at radius 2 is 0.579 bits per heavy atom. The Labute approximate surface area is 143 Å². The van der Waals surface area contributed by atoms with Crippen LogP contribution in [-0.4, -0.2) is 78.0 Å². The molecule has 0 unspecified atom stereocenters. The molecule has 0 saturated heterocycles. The van der Waals surface area contributed by atoms with Crippen LogP contribution in [0.15, 0.2) is 0 Å². The molecule has 122 valence electrons. The fourth-order valence-electron chi connectivity index (χ4n) is 1.59. The molecule has 0 rings (SSSR count). The van der Waals surface area contributed by atoms with Crippen molar-refractivity contribution in [2.24, 2.45) is 0 Å². The molecule has 0 heterocycles. The average Bonchev–Trinajstić information content (AvgIpc) is 2.15. The third-order valence-electron chi connectivity index (χ3n) is 2.71. The van der Waals surface area contributed by atoms with E-state index in [9.17, 15) is 0 Å². The maximum Gasteiger partial charge on any atom is 0.0601 e. The van der Waals surface area contributed by atoms with E-state index in [2.05, 4.69) is 53.3 Å². The van der Waals surface area contributed by atoms with E-state index in [0.29, 0.717) is 0 Å². The van der Waals surface area contributed by atoms with Crippen LogP contribution in [0, 0.1) is 0 Å². The van der Waals surface area contributed by atoms with Gasteiger partial charge in [0.1, 0.15) is 0 Å². The summed E-state index contributed by atoms with van der Waals surface area (Å²) < 4.78 is 0. The molecule has 0 saturated carbocycles. The van der Waals surface area contributed by atoms with Gasteiger partial charge in [-0.15, -0.1) is 0 Å². The van der Waals surface area contributed by atoms with Gasteiger partial charge in [-0.25, -0.2) is 0 Å². The Kier molecular flexibility index (Phi) is 25.6. The van der Waals surface area contributed by atoms with E-state index in [1.807, 2.05) is 0 Å². The van der Waals surface area contributed by atoms with Gasteiger partial charge in [-0.3, -0.25) is 0 Å². The zero-order valence-electron chi connectivity index (χ0n) is 14.6. The fraction of sp³-hybridized carbons (Fsp3) is 1.00. The predicted molar refractivity (Wildman–Crippen MR) is 109 cm³/mol. The van der Waals surface area contributed by atoms with Gasteiger partial charge in [0.05, 0.1) is 24.6 Å². The molecule has 0 bridgehead atoms. The molecular weight excluding hydrogens is 487 g/mol. The summed E-state index contributed by atoms with van der Waals surface area (Å²) in [6.45, 7) is 19.2. The second-order valence-electron chi connectivity index (χ2n) is 6.54. The summed E-state index contributed by atoms with van der Waals surface area (Å²) in [5.74, 6) is 0. The molecule has 0 aliphatic heterocycles. The molecule has 0 nitrogen and oxygen atoms in total. The van der Waals surface area contributed by atoms with Crippen molar-refractivity contribution >= 4 is 31.7 Å². The molecule has 0 aliphatic rings. The molecule has 0 atom stereocenters. The molecule has 0 aromatic carbocycles. The van der Waals surface area contributed by atoms with Gasteiger partial charge in [-0.1, -0.05) is 0 Å². The Morgan fingerprint density at radius 1 is 0.421 bits per heavy atom. The number of rotatable bonds is 8. The molecule has 0 aromatic heterocycles. The first-order valence-electron chi connectivity index (χ1n) is 7.41. The smallest absolute Gasteiger partial charge is 0.00522 e. The van der Waals surface area contributed by atoms with Crippen LogP contribution < -0.4 is 0 Å². The van der Waals surface area contributed by atoms with E-state index < -0.39 is 0 Å². The molecular formula is C14H40P4Pt+4. The zero-order valence-corrected chi connectivity index (χ0v) is 20.8. The van der Waals surface area contributed by atoms with Gasteiger partial charge in [0, 0.05) is 87.2 Å². The Hall–Kier alpha value is 2.41. The van der Waals surface area contributed by atoms with Crippen LogP contribution in [0.3, 0.4) is 0 Å². The van der Waals surface area contributed by atoms with Crippen LogP contribution in [0.2, 0.25) is 0 Å². The summed E-state index contributed by atoms with van der Waals surface area (Å²) in [5.41, 5.74) is 0. The van der Waals surface area contributed by atoms with E-state index in [-0.39, 0.29) is 52.8 Å². The largest absolute Gasteiger partial charge is 0.0601 e. The van der Waals surface area contributed by atoms with Crippen LogP contribution in [0.4, 0.5) is 0 Å². The van der Waals surface area contributed by atoms with Crippen molar-refractivity contribution in [2.45, 2.75) is 12.8 Å². The zero-order chi connectivity index (χ0) is 14.6. The maximum absolute atomic E-state index is 2.41. The second kappa shape index (κ2) is 18.5. The molecule has 0 aromatic rings. The first-order chi connectivity index (χ1) is 8.25. The maximum atomic E-state index is 2.41. The average molecular weight is 527 g/mol. The quantitative estimate of drug-likeness (QED) is 0.404. The van der Waals surface area contributed by atoms with Gasteiger partial charge in [-0.2, -0.15) is 0 Å². The molecule has 0 fully saturated rings. The standard InChI is InChI=1S/2C7H18P2.Pt/c2*1-8(2)6-5-7-9(3)4;/h2*5-7H2,1-4H3;/p+4. The monoisotopic (exact) mass is 527 g/mol. The number of hydrogen-bond donors (Lipinski definition) is 0. The van der Waals surface area contributed by atoms with Gasteiger partial charge in [-0.05, 0) is 31.7 Å². The molecule has 0 N–H and O–H groups in total. The summed E-state index contributed by atoms with van der Waals surface area (Å²) in [6.07, 6.45) is 9.12. The minimum atomic E-state index is 0. The summed E-state index contributed by atoms with van der Waals surface area (Å²) >= 11 is 0. The summed E-state index contributed by atoms with van der Waals surface area (Å²) in [6, 6.07) is 0. The molecule has 5 heteroatoms. The van der Waals surface area contributed by atoms with E-state index in [0.717, 1.165) is 0 Å². The first-order valence-corrected chi connectivity index (χ1v) is 18.2. The molecule has 0 radical (unpaired) electrons. The number of hydrogen-bond acceptors (Lipinski definition) is 0. The SMILES string of the molecule is C[PH+](C)CCC[PH+](C)C.C[PH+](C)CCC[PH+](C)C.[Pt]. The van der Waals surface area contributed by atoms with Crippen molar-refractivity contribution in [2.75, 3.05) is 78.0 Å². The van der Waals surface area contributed by atoms with Crippen molar-refractivity contribution in [1.82, 2.24) is 0 Å². The van der Waals surface area contributed by atoms with Crippen LogP contribution in [-0.2, 0) is 21.1 Å². The van der Waals surface area contributed by atoms with Crippen molar-refractivity contribution in [3.8, 4) is 0 Å². The normalized spacial score (nSPS) is 10.7. The molecule has 0 aliphatic carbocycles. The van der Waals surface area contributed by atoms with Gasteiger partial charge in [0.2, 0.25) is 0 Å². The summed E-state index contributed by atoms with van der Waals surface area (Å²) in [4.78, 5) is 0. The van der Waals surface area contributed by atoms with Gasteiger partial charge in [0.15, 0.2) is 0 Å². The van der Waals surface area contributed by atoms with E-state index in [4.69, 9.17) is 0 Å². The van der Waals surface area contributed by atoms with Crippen LogP contribution in [0.25, 0.3) is 0 Å². The Bertz CT molecular complexity index is 128. The van der Waals surface area contributed by atoms with E-state index in [1.54, 1.807) is 0 Å².